The summed E-state index contributed by atoms with van der Waals surface area (Å²) in [6.45, 7) is 1.12. The number of nitrogens with zero attached hydrogens (tertiary/aromatic N) is 1. The van der Waals surface area contributed by atoms with E-state index in [1.165, 1.54) is 36.6 Å². The Balaban J connectivity index is 1.37. The van der Waals surface area contributed by atoms with Crippen LogP contribution in [0.25, 0.3) is 6.08 Å². The number of piperidine rings is 1. The minimum absolute atomic E-state index is 0.0305. The number of carbonyl (C=O) groups is 3. The molecule has 1 aromatic carbocycles. The topological polar surface area (TPSA) is 152 Å². The van der Waals surface area contributed by atoms with E-state index in [0.29, 0.717) is 37.4 Å². The van der Waals surface area contributed by atoms with Gasteiger partial charge in [0.1, 0.15) is 5.76 Å². The molecule has 2 heterocycles. The number of carbonyl (C=O) groups excluding carboxylic acids is 3. The molecule has 1 aromatic heterocycles. The van der Waals surface area contributed by atoms with Crippen LogP contribution in [-0.2, 0) is 24.4 Å². The van der Waals surface area contributed by atoms with Gasteiger partial charge in [0, 0.05) is 43.7 Å². The normalized spacial score (nSPS) is 14.9. The summed E-state index contributed by atoms with van der Waals surface area (Å²) in [4.78, 5) is 38.3. The van der Waals surface area contributed by atoms with Crippen molar-refractivity contribution in [2.45, 2.75) is 24.2 Å². The Morgan fingerprint density at radius 1 is 1.12 bits per heavy atom. The van der Waals surface area contributed by atoms with Crippen LogP contribution in [0.1, 0.15) is 25.0 Å². The number of nitrogens with one attached hydrogen (secondary N) is 2. The van der Waals surface area contributed by atoms with Gasteiger partial charge in [-0.1, -0.05) is 0 Å². The molecule has 3 rings (SSSR count). The highest BCUT2D eigenvalue weighted by atomic mass is 32.2. The van der Waals surface area contributed by atoms with E-state index in [2.05, 4.69) is 10.6 Å². The largest absolute Gasteiger partial charge is 0.465 e. The minimum atomic E-state index is -3.79. The highest BCUT2D eigenvalue weighted by Gasteiger charge is 2.27. The maximum atomic E-state index is 12.5. The molecule has 4 N–H and O–H groups in total. The van der Waals surface area contributed by atoms with Crippen molar-refractivity contribution >= 4 is 39.5 Å². The second-order valence-electron chi connectivity index (χ2n) is 7.60. The minimum Gasteiger partial charge on any atom is -0.465 e. The number of benzene rings is 1. The van der Waals surface area contributed by atoms with Gasteiger partial charge < -0.3 is 20.0 Å². The van der Waals surface area contributed by atoms with E-state index in [1.54, 1.807) is 23.1 Å². The van der Waals surface area contributed by atoms with Crippen molar-refractivity contribution in [2.24, 2.45) is 11.1 Å². The van der Waals surface area contributed by atoms with Gasteiger partial charge in [-0.15, -0.1) is 0 Å². The van der Waals surface area contributed by atoms with E-state index in [9.17, 15) is 22.8 Å². The molecule has 0 unspecified atom stereocenters. The van der Waals surface area contributed by atoms with Crippen LogP contribution < -0.4 is 15.8 Å². The quantitative estimate of drug-likeness (QED) is 0.491. The monoisotopic (exact) mass is 474 g/mol. The maximum absolute atomic E-state index is 12.5. The second kappa shape index (κ2) is 10.9. The van der Waals surface area contributed by atoms with Crippen LogP contribution in [0.3, 0.4) is 0 Å². The van der Waals surface area contributed by atoms with Crippen LogP contribution in [0.4, 0.5) is 5.69 Å². The van der Waals surface area contributed by atoms with Gasteiger partial charge in [0.2, 0.25) is 27.7 Å². The van der Waals surface area contributed by atoms with Crippen molar-refractivity contribution < 1.29 is 27.2 Å². The predicted octanol–water partition coefficient (Wildman–Crippen LogP) is 1.32. The predicted molar refractivity (Wildman–Crippen MR) is 121 cm³/mol. The number of amides is 3. The highest BCUT2D eigenvalue weighted by Crippen LogP contribution is 2.21. The van der Waals surface area contributed by atoms with Gasteiger partial charge in [0.15, 0.2) is 0 Å². The van der Waals surface area contributed by atoms with Crippen LogP contribution in [0.2, 0.25) is 0 Å². The first-order valence-electron chi connectivity index (χ1n) is 10.4. The Morgan fingerprint density at radius 3 is 2.42 bits per heavy atom. The molecule has 0 atom stereocenters. The molecule has 2 aromatic rings. The van der Waals surface area contributed by atoms with Crippen molar-refractivity contribution in [3.05, 3.63) is 54.5 Å². The van der Waals surface area contributed by atoms with Crippen molar-refractivity contribution in [1.29, 1.82) is 0 Å². The summed E-state index contributed by atoms with van der Waals surface area (Å²) in [5.74, 6) is -0.262. The SMILES string of the molecule is NS(=O)(=O)c1ccc(NC(=O)C2CCN(C(=O)CCNC(=O)C=Cc3ccco3)CC2)cc1. The molecule has 176 valence electrons. The lowest BCUT2D eigenvalue weighted by molar-refractivity contribution is -0.134. The molecule has 0 aliphatic carbocycles. The fourth-order valence-corrected chi connectivity index (χ4v) is 3.93. The standard InChI is InChI=1S/C22H26N4O6S/c23-33(30,31)19-6-3-17(4-7-19)25-22(29)16-10-13-26(14-11-16)21(28)9-12-24-20(27)8-5-18-2-1-15-32-18/h1-8,15-16H,9-14H2,(H,24,27)(H,25,29)(H2,23,30,31). The van der Waals surface area contributed by atoms with Gasteiger partial charge in [0.05, 0.1) is 11.2 Å². The molecule has 11 heteroatoms. The van der Waals surface area contributed by atoms with Crippen LogP contribution in [0.5, 0.6) is 0 Å². The average molecular weight is 475 g/mol. The van der Waals surface area contributed by atoms with E-state index in [1.807, 2.05) is 0 Å². The first-order valence-corrected chi connectivity index (χ1v) is 12.0. The number of hydrogen-bond acceptors (Lipinski definition) is 6. The summed E-state index contributed by atoms with van der Waals surface area (Å²) < 4.78 is 27.7. The van der Waals surface area contributed by atoms with Gasteiger partial charge in [-0.2, -0.15) is 0 Å². The number of furan rings is 1. The first-order chi connectivity index (χ1) is 15.7. The molecule has 33 heavy (non-hydrogen) atoms. The van der Waals surface area contributed by atoms with Crippen molar-refractivity contribution in [1.82, 2.24) is 10.2 Å². The van der Waals surface area contributed by atoms with E-state index >= 15 is 0 Å². The fourth-order valence-electron chi connectivity index (χ4n) is 3.42. The molecule has 1 fully saturated rings. The van der Waals surface area contributed by atoms with Gasteiger partial charge in [-0.3, -0.25) is 14.4 Å². The molecular formula is C22H26N4O6S. The van der Waals surface area contributed by atoms with E-state index in [4.69, 9.17) is 9.56 Å². The first kappa shape index (κ1) is 24.2. The fraction of sp³-hybridized carbons (Fsp3) is 0.318. The molecule has 0 radical (unpaired) electrons. The van der Waals surface area contributed by atoms with Gasteiger partial charge >= 0.3 is 0 Å². The zero-order valence-corrected chi connectivity index (χ0v) is 18.7. The molecule has 3 amide bonds. The summed E-state index contributed by atoms with van der Waals surface area (Å²) >= 11 is 0. The van der Waals surface area contributed by atoms with Crippen molar-refractivity contribution in [3.63, 3.8) is 0 Å². The zero-order valence-electron chi connectivity index (χ0n) is 17.9. The maximum Gasteiger partial charge on any atom is 0.244 e. The van der Waals surface area contributed by atoms with Gasteiger partial charge in [-0.25, -0.2) is 13.6 Å². The lowest BCUT2D eigenvalue weighted by Crippen LogP contribution is -2.42. The number of primary sulfonamides is 1. The van der Waals surface area contributed by atoms with E-state index < -0.39 is 10.0 Å². The number of nitrogens with two attached hydrogens (primary N) is 1. The third kappa shape index (κ3) is 7.29. The highest BCUT2D eigenvalue weighted by molar-refractivity contribution is 7.89. The average Bonchev–Trinajstić information content (AvgIpc) is 3.31. The molecular weight excluding hydrogens is 448 g/mol. The Morgan fingerprint density at radius 2 is 1.82 bits per heavy atom. The Kier molecular flexibility index (Phi) is 8.01. The smallest absolute Gasteiger partial charge is 0.244 e. The molecule has 10 nitrogen and oxygen atoms in total. The van der Waals surface area contributed by atoms with E-state index in [-0.39, 0.29) is 41.5 Å². The van der Waals surface area contributed by atoms with Crippen molar-refractivity contribution in [2.75, 3.05) is 25.0 Å². The number of sulfonamides is 1. The summed E-state index contributed by atoms with van der Waals surface area (Å²) in [5.41, 5.74) is 0.475. The lowest BCUT2D eigenvalue weighted by Gasteiger charge is -2.31. The third-order valence-corrected chi connectivity index (χ3v) is 6.18. The number of anilines is 1. The molecule has 1 aliphatic heterocycles. The van der Waals surface area contributed by atoms with Crippen LogP contribution >= 0.6 is 0 Å². The van der Waals surface area contributed by atoms with Gasteiger partial charge in [-0.05, 0) is 55.3 Å². The zero-order chi connectivity index (χ0) is 23.8. The number of likely N-dealkylation sites (tertiary alicyclic amines) is 1. The Bertz CT molecular complexity index is 1100. The Hall–Kier alpha value is -3.44. The molecule has 0 spiro atoms. The van der Waals surface area contributed by atoms with E-state index in [0.717, 1.165) is 0 Å². The Labute approximate surface area is 191 Å². The van der Waals surface area contributed by atoms with Crippen LogP contribution in [-0.4, -0.2) is 50.7 Å². The van der Waals surface area contributed by atoms with Crippen molar-refractivity contribution in [3.8, 4) is 0 Å². The molecule has 0 bridgehead atoms. The second-order valence-corrected chi connectivity index (χ2v) is 9.16. The number of rotatable bonds is 8. The summed E-state index contributed by atoms with van der Waals surface area (Å²) in [6.07, 6.45) is 5.61. The van der Waals surface area contributed by atoms with Gasteiger partial charge in [0.25, 0.3) is 0 Å². The summed E-state index contributed by atoms with van der Waals surface area (Å²) in [6, 6.07) is 9.07. The lowest BCUT2D eigenvalue weighted by atomic mass is 9.95. The molecule has 1 aliphatic rings. The molecule has 0 saturated carbocycles. The van der Waals surface area contributed by atoms with Crippen LogP contribution in [0, 0.1) is 5.92 Å². The number of hydrogen-bond donors (Lipinski definition) is 3. The van der Waals surface area contributed by atoms with Crippen LogP contribution in [0.15, 0.2) is 58.1 Å². The third-order valence-electron chi connectivity index (χ3n) is 5.25. The summed E-state index contributed by atoms with van der Waals surface area (Å²) in [7, 11) is -3.79. The summed E-state index contributed by atoms with van der Waals surface area (Å²) in [5, 5.41) is 10.5. The molecule has 1 saturated heterocycles.